The Balaban J connectivity index is 1.21. The minimum atomic E-state index is -4.56. The summed E-state index contributed by atoms with van der Waals surface area (Å²) >= 11 is 1.50. The largest absolute Gasteiger partial charge is 0.416 e. The number of amides is 1. The van der Waals surface area contributed by atoms with E-state index in [9.17, 15) is 18.0 Å². The van der Waals surface area contributed by atoms with Gasteiger partial charge in [0.2, 0.25) is 0 Å². The number of alkyl halides is 3. The molecule has 0 saturated heterocycles. The molecular formula is C27H23F3N6OS. The summed E-state index contributed by atoms with van der Waals surface area (Å²) in [7, 11) is 0. The lowest BCUT2D eigenvalue weighted by atomic mass is 10.0. The van der Waals surface area contributed by atoms with Gasteiger partial charge < -0.3 is 14.3 Å². The van der Waals surface area contributed by atoms with Crippen LogP contribution in [0.4, 0.5) is 18.9 Å². The van der Waals surface area contributed by atoms with E-state index >= 15 is 0 Å². The second-order valence-corrected chi connectivity index (χ2v) is 10.3. The zero-order valence-corrected chi connectivity index (χ0v) is 21.2. The number of hydrogen-bond donors (Lipinski definition) is 1. The minimum absolute atomic E-state index is 0.0798. The van der Waals surface area contributed by atoms with Crippen LogP contribution in [0.25, 0.3) is 11.3 Å². The molecule has 1 amide bonds. The number of rotatable bonds is 5. The molecule has 0 spiro atoms. The summed E-state index contributed by atoms with van der Waals surface area (Å²) in [6, 6.07) is 9.41. The van der Waals surface area contributed by atoms with Gasteiger partial charge in [0.25, 0.3) is 5.91 Å². The second kappa shape index (κ2) is 9.41. The van der Waals surface area contributed by atoms with E-state index in [2.05, 4.69) is 24.6 Å². The molecule has 1 aromatic carbocycles. The number of pyridine rings is 1. The molecule has 1 N–H and O–H groups in total. The molecule has 4 aromatic heterocycles. The third kappa shape index (κ3) is 4.70. The van der Waals surface area contributed by atoms with Gasteiger partial charge in [0, 0.05) is 53.7 Å². The molecule has 194 valence electrons. The first kappa shape index (κ1) is 24.4. The van der Waals surface area contributed by atoms with E-state index in [0.717, 1.165) is 47.0 Å². The van der Waals surface area contributed by atoms with Crippen molar-refractivity contribution < 1.29 is 18.0 Å². The molecule has 5 heterocycles. The first-order valence-electron chi connectivity index (χ1n) is 12.0. The van der Waals surface area contributed by atoms with Gasteiger partial charge in [0.15, 0.2) is 0 Å². The maximum Gasteiger partial charge on any atom is 0.416 e. The fourth-order valence-electron chi connectivity index (χ4n) is 4.79. The molecular weight excluding hydrogens is 513 g/mol. The molecule has 0 unspecified atom stereocenters. The number of halogens is 3. The zero-order chi connectivity index (χ0) is 26.4. The van der Waals surface area contributed by atoms with Crippen LogP contribution in [0.5, 0.6) is 0 Å². The molecule has 7 nitrogen and oxygen atoms in total. The van der Waals surface area contributed by atoms with Gasteiger partial charge in [-0.2, -0.15) is 13.2 Å². The summed E-state index contributed by atoms with van der Waals surface area (Å²) in [6.45, 7) is 3.94. The highest BCUT2D eigenvalue weighted by atomic mass is 32.1. The molecule has 0 fully saturated rings. The van der Waals surface area contributed by atoms with E-state index in [1.165, 1.54) is 28.3 Å². The van der Waals surface area contributed by atoms with Crippen LogP contribution in [-0.4, -0.2) is 36.3 Å². The number of benzene rings is 1. The minimum Gasteiger partial charge on any atom is -0.322 e. The Bertz CT molecular complexity index is 1650. The van der Waals surface area contributed by atoms with Gasteiger partial charge >= 0.3 is 6.18 Å². The topological polar surface area (TPSA) is 67.5 Å². The summed E-state index contributed by atoms with van der Waals surface area (Å²) in [4.78, 5) is 25.2. The van der Waals surface area contributed by atoms with Crippen LogP contribution in [0.2, 0.25) is 0 Å². The molecule has 0 atom stereocenters. The third-order valence-electron chi connectivity index (χ3n) is 6.66. The van der Waals surface area contributed by atoms with Crippen LogP contribution < -0.4 is 5.32 Å². The maximum absolute atomic E-state index is 13.6. The zero-order valence-electron chi connectivity index (χ0n) is 20.4. The Morgan fingerprint density at radius 2 is 2.05 bits per heavy atom. The molecule has 0 bridgehead atoms. The van der Waals surface area contributed by atoms with E-state index in [0.29, 0.717) is 24.2 Å². The molecule has 1 aliphatic heterocycles. The predicted octanol–water partition coefficient (Wildman–Crippen LogP) is 5.72. The summed E-state index contributed by atoms with van der Waals surface area (Å²) in [6.07, 6.45) is 3.08. The van der Waals surface area contributed by atoms with Gasteiger partial charge in [-0.3, -0.25) is 9.69 Å². The van der Waals surface area contributed by atoms with Crippen LogP contribution in [0, 0.1) is 6.92 Å². The van der Waals surface area contributed by atoms with Crippen molar-refractivity contribution in [3.8, 4) is 5.69 Å². The van der Waals surface area contributed by atoms with Crippen molar-refractivity contribution in [1.29, 1.82) is 0 Å². The molecule has 0 aliphatic carbocycles. The average molecular weight is 537 g/mol. The van der Waals surface area contributed by atoms with Gasteiger partial charge in [-0.15, -0.1) is 11.3 Å². The Kier molecular flexibility index (Phi) is 6.04. The molecule has 0 radical (unpaired) electrons. The highest BCUT2D eigenvalue weighted by Crippen LogP contribution is 2.34. The number of carbonyl (C=O) groups excluding carboxylic acids is 1. The molecule has 6 rings (SSSR count). The van der Waals surface area contributed by atoms with E-state index in [4.69, 9.17) is 0 Å². The summed E-state index contributed by atoms with van der Waals surface area (Å²) < 4.78 is 44.4. The van der Waals surface area contributed by atoms with Gasteiger partial charge in [0.05, 0.1) is 35.0 Å². The molecule has 0 saturated carbocycles. The Morgan fingerprint density at radius 3 is 2.84 bits per heavy atom. The molecule has 5 aromatic rings. The van der Waals surface area contributed by atoms with Crippen molar-refractivity contribution in [3.05, 3.63) is 99.7 Å². The molecule has 38 heavy (non-hydrogen) atoms. The van der Waals surface area contributed by atoms with Gasteiger partial charge in [0.1, 0.15) is 5.65 Å². The van der Waals surface area contributed by atoms with Crippen molar-refractivity contribution in [2.24, 2.45) is 0 Å². The monoisotopic (exact) mass is 536 g/mol. The standard InChI is InChI=1S/C27H23F3N6OS/c1-17-12-35(16-32-17)20-9-18(27(28,29)30)8-19(10-20)33-26(37)23-15-38-24-14-34(7-5-22(23)24)13-21-11-31-25-4-2-3-6-36(21)25/h2-4,6,8-12,15-16H,5,7,13-14H2,1H3,(H,33,37). The number of aromatic nitrogens is 4. The number of carbonyl (C=O) groups is 1. The van der Waals surface area contributed by atoms with Crippen LogP contribution in [0.15, 0.2) is 66.7 Å². The SMILES string of the molecule is Cc1cn(-c2cc(NC(=O)c3csc4c3CCN(Cc3cnc5ccccn35)C4)cc(C(F)(F)F)c2)cn1. The highest BCUT2D eigenvalue weighted by Gasteiger charge is 2.32. The van der Waals surface area contributed by atoms with Crippen molar-refractivity contribution >= 4 is 28.6 Å². The smallest absolute Gasteiger partial charge is 0.322 e. The summed E-state index contributed by atoms with van der Waals surface area (Å²) in [5, 5.41) is 4.50. The van der Waals surface area contributed by atoms with Crippen LogP contribution >= 0.6 is 11.3 Å². The Hall–Kier alpha value is -3.96. The van der Waals surface area contributed by atoms with Gasteiger partial charge in [-0.05, 0) is 49.2 Å². The number of fused-ring (bicyclic) bond motifs is 2. The number of hydrogen-bond acceptors (Lipinski definition) is 5. The average Bonchev–Trinajstić information content (AvgIpc) is 3.62. The fourth-order valence-corrected chi connectivity index (χ4v) is 5.92. The second-order valence-electron chi connectivity index (χ2n) is 9.33. The van der Waals surface area contributed by atoms with E-state index in [1.807, 2.05) is 30.6 Å². The predicted molar refractivity (Wildman–Crippen MR) is 139 cm³/mol. The van der Waals surface area contributed by atoms with Crippen LogP contribution in [-0.2, 0) is 25.7 Å². The lowest BCUT2D eigenvalue weighted by Gasteiger charge is -2.27. The van der Waals surface area contributed by atoms with Crippen molar-refractivity contribution in [3.63, 3.8) is 0 Å². The molecule has 11 heteroatoms. The van der Waals surface area contributed by atoms with E-state index in [-0.39, 0.29) is 11.4 Å². The lowest BCUT2D eigenvalue weighted by Crippen LogP contribution is -2.30. The number of nitrogens with one attached hydrogen (secondary N) is 1. The molecule has 1 aliphatic rings. The van der Waals surface area contributed by atoms with Crippen LogP contribution in [0.3, 0.4) is 0 Å². The van der Waals surface area contributed by atoms with Gasteiger partial charge in [-0.25, -0.2) is 9.97 Å². The fraction of sp³-hybridized carbons (Fsp3) is 0.222. The van der Waals surface area contributed by atoms with E-state index in [1.54, 1.807) is 18.5 Å². The Morgan fingerprint density at radius 1 is 1.18 bits per heavy atom. The van der Waals surface area contributed by atoms with Gasteiger partial charge in [-0.1, -0.05) is 6.07 Å². The first-order chi connectivity index (χ1) is 18.2. The summed E-state index contributed by atoms with van der Waals surface area (Å²) in [5.41, 5.74) is 3.64. The van der Waals surface area contributed by atoms with Crippen molar-refractivity contribution in [2.75, 3.05) is 11.9 Å². The number of imidazole rings is 2. The van der Waals surface area contributed by atoms with Crippen LogP contribution in [0.1, 0.15) is 37.7 Å². The summed E-state index contributed by atoms with van der Waals surface area (Å²) in [5.74, 6) is -0.412. The van der Waals surface area contributed by atoms with Crippen molar-refractivity contribution in [2.45, 2.75) is 32.6 Å². The quantitative estimate of drug-likeness (QED) is 0.312. The number of anilines is 1. The highest BCUT2D eigenvalue weighted by molar-refractivity contribution is 7.10. The number of aryl methyl sites for hydroxylation is 1. The Labute approximate surface area is 220 Å². The normalized spacial score (nSPS) is 14.1. The van der Waals surface area contributed by atoms with E-state index < -0.39 is 17.6 Å². The number of thiophene rings is 1. The first-order valence-corrected chi connectivity index (χ1v) is 12.9. The van der Waals surface area contributed by atoms with Crippen molar-refractivity contribution in [1.82, 2.24) is 23.8 Å². The lowest BCUT2D eigenvalue weighted by molar-refractivity contribution is -0.137. The number of nitrogens with zero attached hydrogens (tertiary/aromatic N) is 5. The maximum atomic E-state index is 13.6. The third-order valence-corrected chi connectivity index (χ3v) is 7.68.